The average molecular weight is 284 g/mol. The van der Waals surface area contributed by atoms with Gasteiger partial charge in [0.1, 0.15) is 0 Å². The second-order valence-electron chi connectivity index (χ2n) is 4.25. The molecule has 0 atom stereocenters. The number of rotatable bonds is 3. The van der Waals surface area contributed by atoms with E-state index in [4.69, 9.17) is 0 Å². The number of amides is 1. The summed E-state index contributed by atoms with van der Waals surface area (Å²) in [4.78, 5) is 11.9. The quantitative estimate of drug-likeness (QED) is 0.893. The Labute approximate surface area is 103 Å². The van der Waals surface area contributed by atoms with Crippen LogP contribution >= 0.6 is 15.9 Å². The molecule has 1 aliphatic rings. The van der Waals surface area contributed by atoms with E-state index in [0.29, 0.717) is 5.56 Å². The summed E-state index contributed by atoms with van der Waals surface area (Å²) in [6.07, 6.45) is 2.80. The van der Waals surface area contributed by atoms with E-state index in [2.05, 4.69) is 21.2 Å². The number of benzene rings is 1. The van der Waals surface area contributed by atoms with Crippen LogP contribution in [0.25, 0.3) is 0 Å². The minimum Gasteiger partial charge on any atom is -0.394 e. The summed E-state index contributed by atoms with van der Waals surface area (Å²) >= 11 is 3.32. The lowest BCUT2D eigenvalue weighted by Gasteiger charge is -2.40. The second-order valence-corrected chi connectivity index (χ2v) is 5.17. The van der Waals surface area contributed by atoms with E-state index < -0.39 is 0 Å². The lowest BCUT2D eigenvalue weighted by Crippen LogP contribution is -2.56. The van der Waals surface area contributed by atoms with Crippen LogP contribution in [0.4, 0.5) is 0 Å². The highest BCUT2D eigenvalue weighted by molar-refractivity contribution is 9.10. The molecule has 0 aliphatic heterocycles. The number of hydrogen-bond donors (Lipinski definition) is 2. The van der Waals surface area contributed by atoms with Crippen molar-refractivity contribution < 1.29 is 9.90 Å². The number of carbonyl (C=O) groups is 1. The van der Waals surface area contributed by atoms with Gasteiger partial charge in [-0.1, -0.05) is 15.9 Å². The van der Waals surface area contributed by atoms with Gasteiger partial charge in [0.05, 0.1) is 12.1 Å². The van der Waals surface area contributed by atoms with Crippen molar-refractivity contribution in [2.75, 3.05) is 6.61 Å². The fraction of sp³-hybridized carbons (Fsp3) is 0.417. The van der Waals surface area contributed by atoms with Gasteiger partial charge in [0, 0.05) is 10.0 Å². The van der Waals surface area contributed by atoms with E-state index >= 15 is 0 Å². The summed E-state index contributed by atoms with van der Waals surface area (Å²) in [5, 5.41) is 12.2. The van der Waals surface area contributed by atoms with Gasteiger partial charge >= 0.3 is 0 Å². The average Bonchev–Trinajstić information content (AvgIpc) is 2.24. The number of halogens is 1. The van der Waals surface area contributed by atoms with Crippen molar-refractivity contribution >= 4 is 21.8 Å². The first kappa shape index (κ1) is 11.6. The van der Waals surface area contributed by atoms with Crippen LogP contribution in [-0.2, 0) is 0 Å². The molecule has 1 amide bonds. The Morgan fingerprint density at radius 1 is 1.38 bits per heavy atom. The molecular formula is C12H14BrNO2. The first-order valence-corrected chi connectivity index (χ1v) is 6.13. The molecule has 1 aromatic rings. The first-order valence-electron chi connectivity index (χ1n) is 5.34. The molecule has 3 nitrogen and oxygen atoms in total. The molecule has 0 heterocycles. The normalized spacial score (nSPS) is 17.6. The van der Waals surface area contributed by atoms with E-state index in [1.54, 1.807) is 12.1 Å². The van der Waals surface area contributed by atoms with Crippen LogP contribution in [0.15, 0.2) is 28.7 Å². The third kappa shape index (κ3) is 2.28. The lowest BCUT2D eigenvalue weighted by atomic mass is 9.77. The first-order chi connectivity index (χ1) is 7.65. The van der Waals surface area contributed by atoms with Crippen LogP contribution in [0, 0.1) is 0 Å². The van der Waals surface area contributed by atoms with Gasteiger partial charge in [0.15, 0.2) is 0 Å². The Balaban J connectivity index is 2.05. The Morgan fingerprint density at radius 3 is 2.44 bits per heavy atom. The third-order valence-electron chi connectivity index (χ3n) is 3.10. The van der Waals surface area contributed by atoms with Gasteiger partial charge in [-0.05, 0) is 43.5 Å². The molecule has 1 aromatic carbocycles. The smallest absolute Gasteiger partial charge is 0.251 e. The fourth-order valence-corrected chi connectivity index (χ4v) is 2.10. The number of nitrogens with one attached hydrogen (secondary N) is 1. The summed E-state index contributed by atoms with van der Waals surface area (Å²) in [6, 6.07) is 7.20. The predicted octanol–water partition coefficient (Wildman–Crippen LogP) is 2.09. The van der Waals surface area contributed by atoms with Crippen molar-refractivity contribution in [2.45, 2.75) is 24.8 Å². The molecule has 0 saturated heterocycles. The molecule has 0 radical (unpaired) electrons. The number of aliphatic hydroxyl groups excluding tert-OH is 1. The fourth-order valence-electron chi connectivity index (χ4n) is 1.84. The molecule has 0 spiro atoms. The van der Waals surface area contributed by atoms with E-state index in [0.717, 1.165) is 23.7 Å². The molecular weight excluding hydrogens is 270 g/mol. The highest BCUT2D eigenvalue weighted by Crippen LogP contribution is 2.31. The Kier molecular flexibility index (Phi) is 3.30. The second kappa shape index (κ2) is 4.55. The zero-order chi connectivity index (χ0) is 11.6. The van der Waals surface area contributed by atoms with Crippen LogP contribution in [0.3, 0.4) is 0 Å². The SMILES string of the molecule is O=C(NC1(CO)CCC1)c1ccc(Br)cc1. The van der Waals surface area contributed by atoms with Gasteiger partial charge in [-0.25, -0.2) is 0 Å². The van der Waals surface area contributed by atoms with Gasteiger partial charge < -0.3 is 10.4 Å². The molecule has 1 saturated carbocycles. The Morgan fingerprint density at radius 2 is 2.00 bits per heavy atom. The van der Waals surface area contributed by atoms with Crippen molar-refractivity contribution in [3.8, 4) is 0 Å². The summed E-state index contributed by atoms with van der Waals surface area (Å²) in [6.45, 7) is 0.0231. The number of carbonyl (C=O) groups excluding carboxylic acids is 1. The predicted molar refractivity (Wildman–Crippen MR) is 65.3 cm³/mol. The minimum absolute atomic E-state index is 0.0231. The monoisotopic (exact) mass is 283 g/mol. The van der Waals surface area contributed by atoms with Crippen LogP contribution in [-0.4, -0.2) is 23.2 Å². The van der Waals surface area contributed by atoms with Crippen LogP contribution < -0.4 is 5.32 Å². The van der Waals surface area contributed by atoms with Gasteiger partial charge in [0.25, 0.3) is 5.91 Å². The third-order valence-corrected chi connectivity index (χ3v) is 3.63. The van der Waals surface area contributed by atoms with E-state index in [-0.39, 0.29) is 18.1 Å². The van der Waals surface area contributed by atoms with Crippen LogP contribution in [0.1, 0.15) is 29.6 Å². The summed E-state index contributed by atoms with van der Waals surface area (Å²) in [7, 11) is 0. The Bertz CT molecular complexity index is 379. The van der Waals surface area contributed by atoms with Crippen molar-refractivity contribution in [3.05, 3.63) is 34.3 Å². The zero-order valence-electron chi connectivity index (χ0n) is 8.87. The van der Waals surface area contributed by atoms with Gasteiger partial charge in [0.2, 0.25) is 0 Å². The van der Waals surface area contributed by atoms with Crippen LogP contribution in [0.2, 0.25) is 0 Å². The zero-order valence-corrected chi connectivity index (χ0v) is 10.5. The van der Waals surface area contributed by atoms with Crippen molar-refractivity contribution in [1.82, 2.24) is 5.32 Å². The van der Waals surface area contributed by atoms with E-state index in [1.807, 2.05) is 12.1 Å². The highest BCUT2D eigenvalue weighted by Gasteiger charge is 2.37. The highest BCUT2D eigenvalue weighted by atomic mass is 79.9. The number of aliphatic hydroxyl groups is 1. The molecule has 1 aliphatic carbocycles. The Hall–Kier alpha value is -0.870. The van der Waals surface area contributed by atoms with Crippen LogP contribution in [0.5, 0.6) is 0 Å². The topological polar surface area (TPSA) is 49.3 Å². The summed E-state index contributed by atoms with van der Waals surface area (Å²) in [5.41, 5.74) is 0.257. The molecule has 0 bridgehead atoms. The standard InChI is InChI=1S/C12H14BrNO2/c13-10-4-2-9(3-5-10)11(16)14-12(8-15)6-1-7-12/h2-5,15H,1,6-8H2,(H,14,16). The molecule has 2 rings (SSSR count). The van der Waals surface area contributed by atoms with Gasteiger partial charge in [-0.3, -0.25) is 4.79 Å². The molecule has 4 heteroatoms. The molecule has 0 aromatic heterocycles. The summed E-state index contributed by atoms with van der Waals surface area (Å²) in [5.74, 6) is -0.110. The lowest BCUT2D eigenvalue weighted by molar-refractivity contribution is 0.0641. The van der Waals surface area contributed by atoms with E-state index in [9.17, 15) is 9.90 Å². The maximum absolute atomic E-state index is 11.9. The minimum atomic E-state index is -0.371. The largest absolute Gasteiger partial charge is 0.394 e. The molecule has 86 valence electrons. The van der Waals surface area contributed by atoms with Gasteiger partial charge in [-0.2, -0.15) is 0 Å². The van der Waals surface area contributed by atoms with Crippen molar-refractivity contribution in [1.29, 1.82) is 0 Å². The summed E-state index contributed by atoms with van der Waals surface area (Å²) < 4.78 is 0.949. The number of hydrogen-bond acceptors (Lipinski definition) is 2. The molecule has 2 N–H and O–H groups in total. The maximum atomic E-state index is 11.9. The molecule has 16 heavy (non-hydrogen) atoms. The maximum Gasteiger partial charge on any atom is 0.251 e. The molecule has 1 fully saturated rings. The van der Waals surface area contributed by atoms with Crippen molar-refractivity contribution in [3.63, 3.8) is 0 Å². The molecule has 0 unspecified atom stereocenters. The van der Waals surface area contributed by atoms with Crippen molar-refractivity contribution in [2.24, 2.45) is 0 Å². The van der Waals surface area contributed by atoms with E-state index in [1.165, 1.54) is 0 Å². The van der Waals surface area contributed by atoms with Gasteiger partial charge in [-0.15, -0.1) is 0 Å².